The molecule has 1 heterocycles. The number of benzene rings is 1. The van der Waals surface area contributed by atoms with E-state index >= 15 is 0 Å². The molecular weight excluding hydrogens is 204 g/mol. The minimum Gasteiger partial charge on any atom is -0.338 e. The van der Waals surface area contributed by atoms with Gasteiger partial charge in [-0.15, -0.1) is 0 Å². The lowest BCUT2D eigenvalue weighted by atomic mass is 10.2. The Labute approximate surface area is 94.2 Å². The van der Waals surface area contributed by atoms with Crippen LogP contribution in [0.2, 0.25) is 0 Å². The van der Waals surface area contributed by atoms with E-state index in [-0.39, 0.29) is 12.1 Å². The zero-order valence-electron chi connectivity index (χ0n) is 8.93. The molecule has 2 amide bonds. The van der Waals surface area contributed by atoms with Crippen LogP contribution in [0.4, 0.5) is 0 Å². The number of carbonyl (C=O) groups excluding carboxylic acids is 2. The summed E-state index contributed by atoms with van der Waals surface area (Å²) in [4.78, 5) is 23.8. The quantitative estimate of drug-likeness (QED) is 0.763. The monoisotopic (exact) mass is 218 g/mol. The lowest BCUT2D eigenvalue weighted by Crippen LogP contribution is -2.41. The van der Waals surface area contributed by atoms with E-state index in [0.29, 0.717) is 25.8 Å². The topological polar surface area (TPSA) is 49.4 Å². The molecule has 0 radical (unpaired) electrons. The van der Waals surface area contributed by atoms with E-state index in [4.69, 9.17) is 0 Å². The van der Waals surface area contributed by atoms with E-state index in [9.17, 15) is 9.59 Å². The van der Waals surface area contributed by atoms with E-state index in [1.54, 1.807) is 4.90 Å². The van der Waals surface area contributed by atoms with E-state index in [2.05, 4.69) is 5.32 Å². The number of nitrogens with one attached hydrogen (secondary N) is 1. The maximum absolute atomic E-state index is 11.6. The SMILES string of the molecule is O=CNC1CCC(=O)N1Cc1ccccc1. The number of rotatable bonds is 4. The molecule has 1 aliphatic rings. The predicted octanol–water partition coefficient (Wildman–Crippen LogP) is 0.881. The average Bonchev–Trinajstić information content (AvgIpc) is 2.64. The van der Waals surface area contributed by atoms with Gasteiger partial charge in [-0.05, 0) is 12.0 Å². The zero-order valence-corrected chi connectivity index (χ0v) is 8.93. The van der Waals surface area contributed by atoms with Crippen LogP contribution < -0.4 is 5.32 Å². The van der Waals surface area contributed by atoms with Crippen molar-refractivity contribution in [3.8, 4) is 0 Å². The van der Waals surface area contributed by atoms with Gasteiger partial charge in [0.1, 0.15) is 6.17 Å². The number of likely N-dealkylation sites (tertiary alicyclic amines) is 1. The second-order valence-electron chi connectivity index (χ2n) is 3.85. The molecule has 1 atom stereocenters. The third-order valence-corrected chi connectivity index (χ3v) is 2.78. The van der Waals surface area contributed by atoms with E-state index in [0.717, 1.165) is 5.56 Å². The molecule has 0 spiro atoms. The summed E-state index contributed by atoms with van der Waals surface area (Å²) in [6.07, 6.45) is 1.72. The first kappa shape index (κ1) is 10.7. The predicted molar refractivity (Wildman–Crippen MR) is 59.2 cm³/mol. The highest BCUT2D eigenvalue weighted by Crippen LogP contribution is 2.19. The Balaban J connectivity index is 2.07. The molecule has 1 aromatic carbocycles. The number of hydrogen-bond acceptors (Lipinski definition) is 2. The Kier molecular flexibility index (Phi) is 3.19. The maximum atomic E-state index is 11.6. The third-order valence-electron chi connectivity index (χ3n) is 2.78. The molecule has 84 valence electrons. The fourth-order valence-corrected chi connectivity index (χ4v) is 1.96. The summed E-state index contributed by atoms with van der Waals surface area (Å²) in [6.45, 7) is 0.561. The minimum atomic E-state index is -0.148. The summed E-state index contributed by atoms with van der Waals surface area (Å²) < 4.78 is 0. The molecular formula is C12H14N2O2. The van der Waals surface area contributed by atoms with Gasteiger partial charge in [0.25, 0.3) is 0 Å². The standard InChI is InChI=1S/C12H14N2O2/c15-9-13-11-6-7-12(16)14(11)8-10-4-2-1-3-5-10/h1-5,9,11H,6-8H2,(H,13,15). The van der Waals surface area contributed by atoms with Crippen molar-refractivity contribution in [2.24, 2.45) is 0 Å². The zero-order chi connectivity index (χ0) is 11.4. The Hall–Kier alpha value is -1.84. The van der Waals surface area contributed by atoms with Gasteiger partial charge in [0, 0.05) is 13.0 Å². The van der Waals surface area contributed by atoms with Crippen LogP contribution in [-0.4, -0.2) is 23.4 Å². The first-order valence-electron chi connectivity index (χ1n) is 5.34. The lowest BCUT2D eigenvalue weighted by molar-refractivity contribution is -0.130. The van der Waals surface area contributed by atoms with Gasteiger partial charge in [-0.2, -0.15) is 0 Å². The molecule has 0 aromatic heterocycles. The number of nitrogens with zero attached hydrogens (tertiary/aromatic N) is 1. The summed E-state index contributed by atoms with van der Waals surface area (Å²) in [7, 11) is 0. The van der Waals surface area contributed by atoms with Crippen molar-refractivity contribution in [2.75, 3.05) is 0 Å². The van der Waals surface area contributed by atoms with Gasteiger partial charge >= 0.3 is 0 Å². The Morgan fingerprint density at radius 1 is 1.38 bits per heavy atom. The molecule has 4 heteroatoms. The van der Waals surface area contributed by atoms with Gasteiger partial charge in [0.15, 0.2) is 0 Å². The van der Waals surface area contributed by atoms with Gasteiger partial charge in [0.05, 0.1) is 0 Å². The minimum absolute atomic E-state index is 0.100. The lowest BCUT2D eigenvalue weighted by Gasteiger charge is -2.24. The van der Waals surface area contributed by atoms with Crippen molar-refractivity contribution in [2.45, 2.75) is 25.6 Å². The second kappa shape index (κ2) is 4.79. The van der Waals surface area contributed by atoms with Crippen LogP contribution in [0.5, 0.6) is 0 Å². The van der Waals surface area contributed by atoms with Gasteiger partial charge in [-0.25, -0.2) is 0 Å². The maximum Gasteiger partial charge on any atom is 0.224 e. The van der Waals surface area contributed by atoms with Crippen molar-refractivity contribution in [1.82, 2.24) is 10.2 Å². The van der Waals surface area contributed by atoms with Crippen molar-refractivity contribution in [3.05, 3.63) is 35.9 Å². The number of carbonyl (C=O) groups is 2. The molecule has 0 bridgehead atoms. The molecule has 1 aliphatic heterocycles. The highest BCUT2D eigenvalue weighted by atomic mass is 16.2. The molecule has 0 saturated carbocycles. The molecule has 4 nitrogen and oxygen atoms in total. The second-order valence-corrected chi connectivity index (χ2v) is 3.85. The fraction of sp³-hybridized carbons (Fsp3) is 0.333. The average molecular weight is 218 g/mol. The van der Waals surface area contributed by atoms with Crippen molar-refractivity contribution in [3.63, 3.8) is 0 Å². The van der Waals surface area contributed by atoms with Crippen LogP contribution in [0, 0.1) is 0 Å². The van der Waals surface area contributed by atoms with Crippen LogP contribution in [-0.2, 0) is 16.1 Å². The summed E-state index contributed by atoms with van der Waals surface area (Å²) in [5.74, 6) is 0.100. The van der Waals surface area contributed by atoms with Crippen LogP contribution >= 0.6 is 0 Å². The fourth-order valence-electron chi connectivity index (χ4n) is 1.96. The smallest absolute Gasteiger partial charge is 0.224 e. The Morgan fingerprint density at radius 3 is 2.81 bits per heavy atom. The Morgan fingerprint density at radius 2 is 2.12 bits per heavy atom. The van der Waals surface area contributed by atoms with Crippen molar-refractivity contribution < 1.29 is 9.59 Å². The summed E-state index contributed by atoms with van der Waals surface area (Å²) in [5.41, 5.74) is 1.08. The van der Waals surface area contributed by atoms with Crippen LogP contribution in [0.3, 0.4) is 0 Å². The van der Waals surface area contributed by atoms with Crippen LogP contribution in [0.15, 0.2) is 30.3 Å². The third kappa shape index (κ3) is 2.21. The van der Waals surface area contributed by atoms with Crippen molar-refractivity contribution in [1.29, 1.82) is 0 Å². The van der Waals surface area contributed by atoms with Gasteiger partial charge < -0.3 is 10.2 Å². The highest BCUT2D eigenvalue weighted by Gasteiger charge is 2.30. The largest absolute Gasteiger partial charge is 0.338 e. The van der Waals surface area contributed by atoms with E-state index < -0.39 is 0 Å². The normalized spacial score (nSPS) is 19.9. The molecule has 1 saturated heterocycles. The number of hydrogen-bond donors (Lipinski definition) is 1. The highest BCUT2D eigenvalue weighted by molar-refractivity contribution is 5.79. The van der Waals surface area contributed by atoms with Gasteiger partial charge in [-0.3, -0.25) is 9.59 Å². The van der Waals surface area contributed by atoms with E-state index in [1.165, 1.54) is 0 Å². The van der Waals surface area contributed by atoms with E-state index in [1.807, 2.05) is 30.3 Å². The summed E-state index contributed by atoms with van der Waals surface area (Å²) >= 11 is 0. The first-order valence-corrected chi connectivity index (χ1v) is 5.34. The Bertz CT molecular complexity index is 378. The molecule has 16 heavy (non-hydrogen) atoms. The van der Waals surface area contributed by atoms with Gasteiger partial charge in [0.2, 0.25) is 12.3 Å². The molecule has 1 N–H and O–H groups in total. The van der Waals surface area contributed by atoms with Crippen LogP contribution in [0.25, 0.3) is 0 Å². The van der Waals surface area contributed by atoms with Crippen molar-refractivity contribution >= 4 is 12.3 Å². The summed E-state index contributed by atoms with van der Waals surface area (Å²) in [5, 5.41) is 2.67. The summed E-state index contributed by atoms with van der Waals surface area (Å²) in [6, 6.07) is 9.78. The molecule has 1 fully saturated rings. The molecule has 1 aromatic rings. The molecule has 2 rings (SSSR count). The molecule has 0 aliphatic carbocycles. The molecule has 1 unspecified atom stereocenters. The van der Waals surface area contributed by atoms with Crippen LogP contribution in [0.1, 0.15) is 18.4 Å². The number of amides is 2. The van der Waals surface area contributed by atoms with Gasteiger partial charge in [-0.1, -0.05) is 30.3 Å². The first-order chi connectivity index (χ1) is 7.81.